The quantitative estimate of drug-likeness (QED) is 0.561. The van der Waals surface area contributed by atoms with E-state index in [0.29, 0.717) is 5.82 Å². The number of hydrogen-bond acceptors (Lipinski definition) is 5. The Morgan fingerprint density at radius 1 is 1.25 bits per heavy atom. The molecule has 2 heterocycles. The number of rotatable bonds is 3. The van der Waals surface area contributed by atoms with Gasteiger partial charge in [-0.3, -0.25) is 0 Å². The second-order valence-corrected chi connectivity index (χ2v) is 4.46. The van der Waals surface area contributed by atoms with Crippen molar-refractivity contribution in [3.63, 3.8) is 0 Å². The molecule has 3 N–H and O–H groups in total. The minimum absolute atomic E-state index is 0.696. The molecule has 20 heavy (non-hydrogen) atoms. The van der Waals surface area contributed by atoms with Gasteiger partial charge in [0.25, 0.3) is 0 Å². The molecule has 0 amide bonds. The third kappa shape index (κ3) is 2.06. The van der Waals surface area contributed by atoms with Gasteiger partial charge in [-0.25, -0.2) is 10.8 Å². The highest BCUT2D eigenvalue weighted by Crippen LogP contribution is 2.24. The van der Waals surface area contributed by atoms with Crippen molar-refractivity contribution in [1.82, 2.24) is 14.6 Å². The molecular weight excluding hydrogens is 254 g/mol. The number of methoxy groups -OCH3 is 1. The lowest BCUT2D eigenvalue weighted by molar-refractivity contribution is 0.415. The zero-order valence-electron chi connectivity index (χ0n) is 11.3. The fourth-order valence-electron chi connectivity index (χ4n) is 2.13. The molecule has 0 aliphatic rings. The van der Waals surface area contributed by atoms with Crippen LogP contribution >= 0.6 is 0 Å². The Hall–Kier alpha value is -2.60. The fourth-order valence-corrected chi connectivity index (χ4v) is 2.13. The van der Waals surface area contributed by atoms with Crippen LogP contribution in [-0.4, -0.2) is 21.7 Å². The van der Waals surface area contributed by atoms with Crippen LogP contribution in [0.2, 0.25) is 0 Å². The van der Waals surface area contributed by atoms with Gasteiger partial charge in [0.15, 0.2) is 5.65 Å². The zero-order valence-corrected chi connectivity index (χ0v) is 11.3. The third-order valence-electron chi connectivity index (χ3n) is 3.07. The number of nitrogens with two attached hydrogens (primary N) is 1. The van der Waals surface area contributed by atoms with Crippen LogP contribution in [0.25, 0.3) is 16.9 Å². The van der Waals surface area contributed by atoms with Crippen molar-refractivity contribution in [1.29, 1.82) is 0 Å². The van der Waals surface area contributed by atoms with Crippen molar-refractivity contribution in [3.05, 3.63) is 42.1 Å². The molecule has 0 saturated heterocycles. The first-order valence-corrected chi connectivity index (χ1v) is 6.20. The van der Waals surface area contributed by atoms with Gasteiger partial charge in [-0.15, -0.1) is 0 Å². The molecule has 0 aliphatic carbocycles. The largest absolute Gasteiger partial charge is 0.497 e. The molecule has 1 aromatic carbocycles. The molecule has 2 aromatic heterocycles. The summed E-state index contributed by atoms with van der Waals surface area (Å²) < 4.78 is 6.91. The highest BCUT2D eigenvalue weighted by atomic mass is 16.5. The lowest BCUT2D eigenvalue weighted by Gasteiger charge is -2.04. The van der Waals surface area contributed by atoms with E-state index in [4.69, 9.17) is 10.6 Å². The van der Waals surface area contributed by atoms with Gasteiger partial charge < -0.3 is 10.2 Å². The van der Waals surface area contributed by atoms with E-state index >= 15 is 0 Å². The second kappa shape index (κ2) is 4.82. The van der Waals surface area contributed by atoms with Gasteiger partial charge in [-0.05, 0) is 19.1 Å². The van der Waals surface area contributed by atoms with Crippen LogP contribution < -0.4 is 16.0 Å². The summed E-state index contributed by atoms with van der Waals surface area (Å²) in [6.07, 6.45) is 0. The number of ether oxygens (including phenoxy) is 1. The Bertz CT molecular complexity index is 765. The molecule has 0 spiro atoms. The summed E-state index contributed by atoms with van der Waals surface area (Å²) in [7, 11) is 1.64. The van der Waals surface area contributed by atoms with E-state index in [2.05, 4.69) is 15.5 Å². The van der Waals surface area contributed by atoms with Crippen LogP contribution in [0, 0.1) is 6.92 Å². The average Bonchev–Trinajstić information content (AvgIpc) is 2.90. The molecule has 6 nitrogen and oxygen atoms in total. The molecule has 0 unspecified atom stereocenters. The Morgan fingerprint density at radius 2 is 2.10 bits per heavy atom. The van der Waals surface area contributed by atoms with Gasteiger partial charge in [0.2, 0.25) is 0 Å². The number of nitrogens with one attached hydrogen (secondary N) is 1. The van der Waals surface area contributed by atoms with E-state index < -0.39 is 0 Å². The molecule has 102 valence electrons. The molecule has 3 aromatic rings. The minimum Gasteiger partial charge on any atom is -0.497 e. The lowest BCUT2D eigenvalue weighted by atomic mass is 10.1. The normalized spacial score (nSPS) is 10.8. The minimum atomic E-state index is 0.696. The van der Waals surface area contributed by atoms with Crippen molar-refractivity contribution >= 4 is 11.5 Å². The van der Waals surface area contributed by atoms with Crippen LogP contribution in [0.4, 0.5) is 5.82 Å². The van der Waals surface area contributed by atoms with Crippen LogP contribution in [-0.2, 0) is 0 Å². The predicted molar refractivity (Wildman–Crippen MR) is 77.5 cm³/mol. The van der Waals surface area contributed by atoms with Crippen molar-refractivity contribution in [2.45, 2.75) is 6.92 Å². The van der Waals surface area contributed by atoms with Gasteiger partial charge in [0.05, 0.1) is 12.8 Å². The summed E-state index contributed by atoms with van der Waals surface area (Å²) in [4.78, 5) is 4.45. The average molecular weight is 269 g/mol. The zero-order chi connectivity index (χ0) is 14.1. The topological polar surface area (TPSA) is 77.5 Å². The van der Waals surface area contributed by atoms with Gasteiger partial charge in [-0.2, -0.15) is 9.61 Å². The number of anilines is 1. The van der Waals surface area contributed by atoms with Gasteiger partial charge in [0, 0.05) is 23.4 Å². The predicted octanol–water partition coefficient (Wildman–Crippen LogP) is 2.00. The Kier molecular flexibility index (Phi) is 3.00. The molecule has 3 rings (SSSR count). The maximum absolute atomic E-state index is 5.52. The SMILES string of the molecule is COc1cccc(-c2cc3nc(C)cc(NN)n3n2)c1. The monoisotopic (exact) mass is 269 g/mol. The highest BCUT2D eigenvalue weighted by molar-refractivity contribution is 5.66. The first-order chi connectivity index (χ1) is 9.71. The fraction of sp³-hybridized carbons (Fsp3) is 0.143. The Balaban J connectivity index is 2.17. The molecule has 0 radical (unpaired) electrons. The standard InChI is InChI=1S/C14H15N5O/c1-9-6-14(17-15)19-13(16-9)8-12(18-19)10-4-3-5-11(7-10)20-2/h3-8,17H,15H2,1-2H3. The molecule has 0 bridgehead atoms. The number of benzene rings is 1. The van der Waals surface area contributed by atoms with Crippen molar-refractivity contribution in [2.75, 3.05) is 12.5 Å². The van der Waals surface area contributed by atoms with Crippen molar-refractivity contribution < 1.29 is 4.74 Å². The number of hydrazine groups is 1. The van der Waals surface area contributed by atoms with Crippen molar-refractivity contribution in [2.24, 2.45) is 5.84 Å². The number of nitrogens with zero attached hydrogens (tertiary/aromatic N) is 3. The molecule has 0 atom stereocenters. The maximum Gasteiger partial charge on any atom is 0.158 e. The third-order valence-corrected chi connectivity index (χ3v) is 3.07. The van der Waals surface area contributed by atoms with Crippen LogP contribution in [0.15, 0.2) is 36.4 Å². The number of nitrogen functional groups attached to an aromatic ring is 1. The Morgan fingerprint density at radius 3 is 2.85 bits per heavy atom. The molecule has 0 fully saturated rings. The Labute approximate surface area is 116 Å². The van der Waals surface area contributed by atoms with E-state index in [1.165, 1.54) is 0 Å². The van der Waals surface area contributed by atoms with Gasteiger partial charge in [0.1, 0.15) is 11.6 Å². The maximum atomic E-state index is 5.52. The lowest BCUT2D eigenvalue weighted by Crippen LogP contribution is -2.12. The van der Waals surface area contributed by atoms with E-state index in [9.17, 15) is 0 Å². The van der Waals surface area contributed by atoms with Crippen LogP contribution in [0.3, 0.4) is 0 Å². The summed E-state index contributed by atoms with van der Waals surface area (Å²) in [6, 6.07) is 11.5. The van der Waals surface area contributed by atoms with Crippen molar-refractivity contribution in [3.8, 4) is 17.0 Å². The number of hydrogen-bond donors (Lipinski definition) is 2. The van der Waals surface area contributed by atoms with Crippen LogP contribution in [0.5, 0.6) is 5.75 Å². The smallest absolute Gasteiger partial charge is 0.158 e. The van der Waals surface area contributed by atoms with E-state index in [0.717, 1.165) is 28.3 Å². The second-order valence-electron chi connectivity index (χ2n) is 4.46. The number of aromatic nitrogens is 3. The van der Waals surface area contributed by atoms with Gasteiger partial charge in [-0.1, -0.05) is 12.1 Å². The number of fused-ring (bicyclic) bond motifs is 1. The number of aryl methyl sites for hydroxylation is 1. The summed E-state index contributed by atoms with van der Waals surface area (Å²) in [5.41, 5.74) is 6.04. The molecule has 0 saturated carbocycles. The summed E-state index contributed by atoms with van der Waals surface area (Å²) >= 11 is 0. The molecule has 6 heteroatoms. The summed E-state index contributed by atoms with van der Waals surface area (Å²) in [6.45, 7) is 1.92. The first kappa shape index (κ1) is 12.4. The summed E-state index contributed by atoms with van der Waals surface area (Å²) in [5, 5.41) is 4.53. The van der Waals surface area contributed by atoms with E-state index in [-0.39, 0.29) is 0 Å². The van der Waals surface area contributed by atoms with E-state index in [1.807, 2.05) is 43.3 Å². The van der Waals surface area contributed by atoms with Gasteiger partial charge >= 0.3 is 0 Å². The first-order valence-electron chi connectivity index (χ1n) is 6.20. The summed E-state index contributed by atoms with van der Waals surface area (Å²) in [5.74, 6) is 7.01. The van der Waals surface area contributed by atoms with Crippen LogP contribution in [0.1, 0.15) is 5.69 Å². The molecule has 0 aliphatic heterocycles. The molecular formula is C14H15N5O. The van der Waals surface area contributed by atoms with E-state index in [1.54, 1.807) is 11.6 Å². The highest BCUT2D eigenvalue weighted by Gasteiger charge is 2.09.